The van der Waals surface area contributed by atoms with Gasteiger partial charge in [-0.05, 0) is 55.3 Å². The molecule has 0 fully saturated rings. The van der Waals surface area contributed by atoms with Crippen LogP contribution in [0, 0.1) is 48.9 Å². The fourth-order valence-electron chi connectivity index (χ4n) is 3.61. The van der Waals surface area contributed by atoms with Crippen LogP contribution in [-0.4, -0.2) is 36.3 Å². The summed E-state index contributed by atoms with van der Waals surface area (Å²) in [5, 5.41) is 17.7. The lowest BCUT2D eigenvalue weighted by molar-refractivity contribution is 0.0998. The van der Waals surface area contributed by atoms with Crippen LogP contribution >= 0.6 is 11.3 Å². The number of aromatic nitrogens is 1. The molecule has 2 aromatic carbocycles. The molecule has 0 saturated heterocycles. The second-order valence-corrected chi connectivity index (χ2v) is 10.7. The molecule has 10 heteroatoms. The quantitative estimate of drug-likeness (QED) is 0.434. The van der Waals surface area contributed by atoms with Gasteiger partial charge in [-0.25, -0.2) is 8.42 Å². The Balaban J connectivity index is 1.96. The molecule has 35 heavy (non-hydrogen) atoms. The molecule has 3 aromatic rings. The number of fused-ring (bicyclic) bond motifs is 1. The number of carbonyl (C=O) groups excluding carboxylic acids is 1. The van der Waals surface area contributed by atoms with Crippen molar-refractivity contribution in [1.29, 1.82) is 10.5 Å². The standard InChI is InChI=1S/C25H23N5O3S2/c1-4-13-30-22-17-18(2)16-19(3)23(22)34-25(30)28-24(31)20-7-9-21(10-8-20)35(32,33)29(14-5-11-26)15-6-12-27/h1,7-10,16-17H,5-6,13-15H2,2-3H3. The first-order valence-electron chi connectivity index (χ1n) is 10.7. The lowest BCUT2D eigenvalue weighted by Crippen LogP contribution is -2.32. The number of rotatable bonds is 8. The SMILES string of the molecule is C#CCn1c(=NC(=O)c2ccc(S(=O)(=O)N(CCC#N)CCC#N)cc2)sc2c(C)cc(C)cc21. The molecular weight excluding hydrogens is 482 g/mol. The number of benzene rings is 2. The van der Waals surface area contributed by atoms with E-state index in [9.17, 15) is 13.2 Å². The van der Waals surface area contributed by atoms with Crippen molar-refractivity contribution in [2.24, 2.45) is 4.99 Å². The van der Waals surface area contributed by atoms with Crippen molar-refractivity contribution in [1.82, 2.24) is 8.87 Å². The molecule has 3 rings (SSSR count). The maximum absolute atomic E-state index is 13.0. The van der Waals surface area contributed by atoms with Crippen molar-refractivity contribution in [3.63, 3.8) is 0 Å². The Labute approximate surface area is 208 Å². The highest BCUT2D eigenvalue weighted by Crippen LogP contribution is 2.24. The van der Waals surface area contributed by atoms with Crippen molar-refractivity contribution in [2.45, 2.75) is 38.1 Å². The van der Waals surface area contributed by atoms with Gasteiger partial charge in [0, 0.05) is 31.5 Å². The Bertz CT molecular complexity index is 1540. The first-order chi connectivity index (χ1) is 16.7. The summed E-state index contributed by atoms with van der Waals surface area (Å²) in [6.07, 6.45) is 5.56. The number of carbonyl (C=O) groups is 1. The average molecular weight is 506 g/mol. The molecule has 0 bridgehead atoms. The van der Waals surface area contributed by atoms with Crippen LogP contribution in [0.25, 0.3) is 10.2 Å². The molecular formula is C25H23N5O3S2. The van der Waals surface area contributed by atoms with E-state index < -0.39 is 15.9 Å². The van der Waals surface area contributed by atoms with E-state index in [0.29, 0.717) is 4.80 Å². The Morgan fingerprint density at radius 3 is 2.31 bits per heavy atom. The predicted molar refractivity (Wildman–Crippen MR) is 134 cm³/mol. The topological polar surface area (TPSA) is 119 Å². The number of terminal acetylenes is 1. The van der Waals surface area contributed by atoms with Crippen molar-refractivity contribution in [2.75, 3.05) is 13.1 Å². The lowest BCUT2D eigenvalue weighted by atomic mass is 10.1. The number of aryl methyl sites for hydroxylation is 2. The molecule has 0 unspecified atom stereocenters. The Kier molecular flexibility index (Phi) is 8.22. The number of thiazole rings is 1. The molecule has 8 nitrogen and oxygen atoms in total. The number of hydrogen-bond donors (Lipinski definition) is 0. The van der Waals surface area contributed by atoms with E-state index in [0.717, 1.165) is 25.6 Å². The zero-order chi connectivity index (χ0) is 25.6. The van der Waals surface area contributed by atoms with Gasteiger partial charge >= 0.3 is 0 Å². The van der Waals surface area contributed by atoms with Gasteiger partial charge in [-0.2, -0.15) is 19.8 Å². The van der Waals surface area contributed by atoms with Gasteiger partial charge in [-0.3, -0.25) is 4.79 Å². The van der Waals surface area contributed by atoms with Crippen LogP contribution in [0.1, 0.15) is 34.3 Å². The second-order valence-electron chi connectivity index (χ2n) is 7.77. The average Bonchev–Trinajstić information content (AvgIpc) is 3.16. The van der Waals surface area contributed by atoms with Crippen LogP contribution in [0.15, 0.2) is 46.3 Å². The maximum atomic E-state index is 13.0. The summed E-state index contributed by atoms with van der Waals surface area (Å²) in [4.78, 5) is 17.6. The number of sulfonamides is 1. The summed E-state index contributed by atoms with van der Waals surface area (Å²) in [7, 11) is -3.92. The van der Waals surface area contributed by atoms with Gasteiger partial charge < -0.3 is 4.57 Å². The van der Waals surface area contributed by atoms with Crippen molar-refractivity contribution < 1.29 is 13.2 Å². The van der Waals surface area contributed by atoms with E-state index in [1.54, 1.807) is 0 Å². The van der Waals surface area contributed by atoms with Crippen molar-refractivity contribution in [3.8, 4) is 24.5 Å². The molecule has 0 aliphatic rings. The zero-order valence-electron chi connectivity index (χ0n) is 19.4. The summed E-state index contributed by atoms with van der Waals surface area (Å²) in [6.45, 7) is 4.21. The number of nitrogens with zero attached hydrogens (tertiary/aromatic N) is 5. The highest BCUT2D eigenvalue weighted by Gasteiger charge is 2.24. The highest BCUT2D eigenvalue weighted by molar-refractivity contribution is 7.89. The summed E-state index contributed by atoms with van der Waals surface area (Å²) in [5.41, 5.74) is 3.28. The fourth-order valence-corrected chi connectivity index (χ4v) is 6.13. The van der Waals surface area contributed by atoms with Gasteiger partial charge in [-0.1, -0.05) is 23.3 Å². The first-order valence-corrected chi connectivity index (χ1v) is 13.0. The molecule has 0 aliphatic heterocycles. The maximum Gasteiger partial charge on any atom is 0.279 e. The molecule has 0 saturated carbocycles. The Hall–Kier alpha value is -3.75. The highest BCUT2D eigenvalue weighted by atomic mass is 32.2. The minimum absolute atomic E-state index is 0.00588. The monoisotopic (exact) mass is 505 g/mol. The Morgan fingerprint density at radius 2 is 1.74 bits per heavy atom. The molecule has 178 valence electrons. The minimum atomic E-state index is -3.92. The summed E-state index contributed by atoms with van der Waals surface area (Å²) in [6, 6.07) is 13.4. The van der Waals surface area contributed by atoms with Gasteiger partial charge in [0.1, 0.15) is 0 Å². The number of nitriles is 2. The normalized spacial score (nSPS) is 11.8. The van der Waals surface area contributed by atoms with E-state index in [1.807, 2.05) is 36.6 Å². The van der Waals surface area contributed by atoms with Crippen LogP contribution < -0.4 is 4.80 Å². The van der Waals surface area contributed by atoms with Crippen LogP contribution in [0.5, 0.6) is 0 Å². The van der Waals surface area contributed by atoms with Crippen LogP contribution in [-0.2, 0) is 16.6 Å². The third-order valence-corrected chi connectivity index (χ3v) is 8.39. The van der Waals surface area contributed by atoms with E-state index in [-0.39, 0.29) is 42.9 Å². The summed E-state index contributed by atoms with van der Waals surface area (Å²) in [5.74, 6) is 2.08. The second kappa shape index (κ2) is 11.1. The summed E-state index contributed by atoms with van der Waals surface area (Å²) < 4.78 is 29.9. The first kappa shape index (κ1) is 25.9. The van der Waals surface area contributed by atoms with Gasteiger partial charge in [-0.15, -0.1) is 6.42 Å². The van der Waals surface area contributed by atoms with E-state index in [1.165, 1.54) is 35.6 Å². The molecule has 0 atom stereocenters. The van der Waals surface area contributed by atoms with Gasteiger partial charge in [0.25, 0.3) is 5.91 Å². The van der Waals surface area contributed by atoms with E-state index >= 15 is 0 Å². The fraction of sp³-hybridized carbons (Fsp3) is 0.280. The molecule has 0 aliphatic carbocycles. The van der Waals surface area contributed by atoms with Gasteiger partial charge in [0.15, 0.2) is 4.80 Å². The minimum Gasteiger partial charge on any atom is -0.305 e. The largest absolute Gasteiger partial charge is 0.305 e. The van der Waals surface area contributed by atoms with Crippen molar-refractivity contribution in [3.05, 3.63) is 57.9 Å². The van der Waals surface area contributed by atoms with Gasteiger partial charge in [0.2, 0.25) is 10.0 Å². The van der Waals surface area contributed by atoms with Gasteiger partial charge in [0.05, 0.1) is 33.8 Å². The number of hydrogen-bond acceptors (Lipinski definition) is 6. The smallest absolute Gasteiger partial charge is 0.279 e. The Morgan fingerprint density at radius 1 is 1.11 bits per heavy atom. The molecule has 0 radical (unpaired) electrons. The summed E-state index contributed by atoms with van der Waals surface area (Å²) >= 11 is 1.37. The molecule has 1 amide bonds. The van der Waals surface area contributed by atoms with E-state index in [4.69, 9.17) is 16.9 Å². The molecule has 0 spiro atoms. The predicted octanol–water partition coefficient (Wildman–Crippen LogP) is 3.51. The zero-order valence-corrected chi connectivity index (χ0v) is 21.0. The third kappa shape index (κ3) is 5.67. The van der Waals surface area contributed by atoms with Crippen LogP contribution in [0.3, 0.4) is 0 Å². The van der Waals surface area contributed by atoms with Crippen molar-refractivity contribution >= 4 is 37.5 Å². The molecule has 1 aromatic heterocycles. The molecule has 0 N–H and O–H groups in total. The lowest BCUT2D eigenvalue weighted by Gasteiger charge is -2.20. The van der Waals surface area contributed by atoms with Crippen LogP contribution in [0.2, 0.25) is 0 Å². The number of amides is 1. The molecule has 1 heterocycles. The van der Waals surface area contributed by atoms with Crippen LogP contribution in [0.4, 0.5) is 0 Å². The van der Waals surface area contributed by atoms with E-state index in [2.05, 4.69) is 17.0 Å². The third-order valence-electron chi connectivity index (χ3n) is 5.25.